The number of hydrogen-bond acceptors (Lipinski definition) is 3. The summed E-state index contributed by atoms with van der Waals surface area (Å²) in [5.74, 6) is -0.397. The van der Waals surface area contributed by atoms with Crippen LogP contribution in [0.1, 0.15) is 28.3 Å². The summed E-state index contributed by atoms with van der Waals surface area (Å²) in [6.07, 6.45) is 0.109. The zero-order chi connectivity index (χ0) is 19.1. The maximum absolute atomic E-state index is 13.4. The van der Waals surface area contributed by atoms with Gasteiger partial charge in [-0.1, -0.05) is 66.7 Å². The third-order valence-electron chi connectivity index (χ3n) is 5.21. The number of nitrogens with zero attached hydrogens (tertiary/aromatic N) is 1. The Hall–Kier alpha value is -3.73. The van der Waals surface area contributed by atoms with Crippen LogP contribution < -0.4 is 5.32 Å². The highest BCUT2D eigenvalue weighted by atomic mass is 16.2. The Labute approximate surface area is 161 Å². The molecule has 5 heteroatoms. The van der Waals surface area contributed by atoms with Gasteiger partial charge < -0.3 is 5.32 Å². The van der Waals surface area contributed by atoms with Crippen LogP contribution in [-0.2, 0) is 4.79 Å². The van der Waals surface area contributed by atoms with Crippen molar-refractivity contribution in [3.8, 4) is 11.3 Å². The number of hydrogen-bond donors (Lipinski definition) is 2. The number of aromatic nitrogens is 2. The molecule has 0 bridgehead atoms. The molecule has 5 nitrogen and oxygen atoms in total. The Balaban J connectivity index is 1.61. The fourth-order valence-corrected chi connectivity index (χ4v) is 3.85. The van der Waals surface area contributed by atoms with Gasteiger partial charge in [0.2, 0.25) is 5.91 Å². The second-order valence-corrected chi connectivity index (χ2v) is 6.96. The van der Waals surface area contributed by atoms with Crippen molar-refractivity contribution in [2.45, 2.75) is 12.3 Å². The molecule has 0 fully saturated rings. The summed E-state index contributed by atoms with van der Waals surface area (Å²) < 4.78 is 0. The van der Waals surface area contributed by atoms with E-state index in [1.165, 1.54) is 0 Å². The highest BCUT2D eigenvalue weighted by molar-refractivity contribution is 6.10. The van der Waals surface area contributed by atoms with Crippen LogP contribution >= 0.6 is 0 Å². The normalized spacial score (nSPS) is 15.9. The molecule has 1 amide bonds. The average Bonchev–Trinajstić information content (AvgIpc) is 3.16. The molecular weight excluding hydrogens is 350 g/mol. The summed E-state index contributed by atoms with van der Waals surface area (Å²) in [7, 11) is 0. The number of anilines is 1. The van der Waals surface area contributed by atoms with Gasteiger partial charge in [-0.2, -0.15) is 5.10 Å². The molecule has 28 heavy (non-hydrogen) atoms. The van der Waals surface area contributed by atoms with E-state index in [-0.39, 0.29) is 18.1 Å². The molecule has 1 atom stereocenters. The third kappa shape index (κ3) is 2.68. The minimum absolute atomic E-state index is 0.0690. The minimum Gasteiger partial charge on any atom is -0.309 e. The van der Waals surface area contributed by atoms with Gasteiger partial charge in [0.25, 0.3) is 0 Å². The summed E-state index contributed by atoms with van der Waals surface area (Å²) in [5.41, 5.74) is 3.06. The van der Waals surface area contributed by atoms with Crippen molar-refractivity contribution in [1.82, 2.24) is 10.2 Å². The number of fused-ring (bicyclic) bond motifs is 2. The Kier molecular flexibility index (Phi) is 3.79. The van der Waals surface area contributed by atoms with E-state index in [9.17, 15) is 9.59 Å². The molecule has 1 aliphatic heterocycles. The van der Waals surface area contributed by atoms with Gasteiger partial charge in [-0.25, -0.2) is 0 Å². The lowest BCUT2D eigenvalue weighted by Gasteiger charge is -2.22. The quantitative estimate of drug-likeness (QED) is 0.522. The first-order valence-corrected chi connectivity index (χ1v) is 9.17. The Bertz CT molecular complexity index is 1210. The fraction of sp³-hybridized carbons (Fsp3) is 0.0870. The number of Topliss-reactive ketones (excluding diaryl/α,β-unsaturated/α-hetero) is 1. The highest BCUT2D eigenvalue weighted by Gasteiger charge is 2.35. The van der Waals surface area contributed by atoms with E-state index in [1.807, 2.05) is 72.8 Å². The lowest BCUT2D eigenvalue weighted by molar-refractivity contribution is -0.116. The molecule has 3 aromatic carbocycles. The summed E-state index contributed by atoms with van der Waals surface area (Å²) in [4.78, 5) is 25.6. The maximum atomic E-state index is 13.4. The van der Waals surface area contributed by atoms with Crippen LogP contribution in [0.15, 0.2) is 72.8 Å². The molecule has 0 aliphatic carbocycles. The molecule has 2 N–H and O–H groups in total. The van der Waals surface area contributed by atoms with Crippen LogP contribution in [-0.4, -0.2) is 21.9 Å². The standard InChI is InChI=1S/C23H17N3O2/c27-19-13-18(22(28)17-11-10-14-6-4-5-9-16(14)12-17)20-21(25-26-23(20)24-19)15-7-2-1-3-8-15/h1-12,18H,13H2,(H2,24,25,26,27). The Morgan fingerprint density at radius 3 is 2.50 bits per heavy atom. The zero-order valence-electron chi connectivity index (χ0n) is 15.0. The summed E-state index contributed by atoms with van der Waals surface area (Å²) in [5, 5.41) is 12.1. The van der Waals surface area contributed by atoms with Crippen LogP contribution in [0.3, 0.4) is 0 Å². The second kappa shape index (κ2) is 6.46. The van der Waals surface area contributed by atoms with Crippen LogP contribution in [0, 0.1) is 0 Å². The van der Waals surface area contributed by atoms with Gasteiger partial charge in [0.1, 0.15) is 0 Å². The monoisotopic (exact) mass is 367 g/mol. The molecule has 1 unspecified atom stereocenters. The van der Waals surface area contributed by atoms with Crippen molar-refractivity contribution >= 4 is 28.3 Å². The summed E-state index contributed by atoms with van der Waals surface area (Å²) >= 11 is 0. The number of nitrogens with one attached hydrogen (secondary N) is 2. The van der Waals surface area contributed by atoms with E-state index in [0.717, 1.165) is 27.6 Å². The Morgan fingerprint density at radius 2 is 1.68 bits per heavy atom. The number of ketones is 1. The number of rotatable bonds is 3. The molecular formula is C23H17N3O2. The zero-order valence-corrected chi connectivity index (χ0v) is 15.0. The lowest BCUT2D eigenvalue weighted by Crippen LogP contribution is -2.27. The topological polar surface area (TPSA) is 74.8 Å². The van der Waals surface area contributed by atoms with E-state index in [1.54, 1.807) is 0 Å². The molecule has 136 valence electrons. The van der Waals surface area contributed by atoms with Gasteiger partial charge >= 0.3 is 0 Å². The first-order chi connectivity index (χ1) is 13.7. The number of amides is 1. The van der Waals surface area contributed by atoms with Crippen LogP contribution in [0.25, 0.3) is 22.0 Å². The third-order valence-corrected chi connectivity index (χ3v) is 5.21. The van der Waals surface area contributed by atoms with Crippen molar-refractivity contribution in [1.29, 1.82) is 0 Å². The molecule has 2 heterocycles. The van der Waals surface area contributed by atoms with Crippen LogP contribution in [0.5, 0.6) is 0 Å². The molecule has 0 spiro atoms. The fourth-order valence-electron chi connectivity index (χ4n) is 3.85. The van der Waals surface area contributed by atoms with Gasteiger partial charge in [-0.3, -0.25) is 14.7 Å². The summed E-state index contributed by atoms with van der Waals surface area (Å²) in [6, 6.07) is 23.3. The minimum atomic E-state index is -0.570. The number of carbonyl (C=O) groups excluding carboxylic acids is 2. The molecule has 1 aliphatic rings. The first-order valence-electron chi connectivity index (χ1n) is 9.17. The number of carbonyl (C=O) groups is 2. The van der Waals surface area contributed by atoms with Crippen molar-refractivity contribution in [3.63, 3.8) is 0 Å². The van der Waals surface area contributed by atoms with Gasteiger partial charge in [0, 0.05) is 17.5 Å². The van der Waals surface area contributed by atoms with E-state index >= 15 is 0 Å². The first kappa shape index (κ1) is 16.4. The highest BCUT2D eigenvalue weighted by Crippen LogP contribution is 2.40. The van der Waals surface area contributed by atoms with E-state index < -0.39 is 5.92 Å². The van der Waals surface area contributed by atoms with Crippen molar-refractivity contribution in [3.05, 3.63) is 83.9 Å². The summed E-state index contributed by atoms with van der Waals surface area (Å²) in [6.45, 7) is 0. The van der Waals surface area contributed by atoms with Gasteiger partial charge in [-0.05, 0) is 22.4 Å². The van der Waals surface area contributed by atoms with Gasteiger partial charge in [-0.15, -0.1) is 0 Å². The van der Waals surface area contributed by atoms with E-state index in [0.29, 0.717) is 11.4 Å². The predicted octanol–water partition coefficient (Wildman–Crippen LogP) is 4.54. The SMILES string of the molecule is O=C1CC(C(=O)c2ccc3ccccc3c2)c2c(n[nH]c2-c2ccccc2)N1. The predicted molar refractivity (Wildman–Crippen MR) is 108 cm³/mol. The van der Waals surface area contributed by atoms with Crippen LogP contribution in [0.2, 0.25) is 0 Å². The number of aromatic amines is 1. The van der Waals surface area contributed by atoms with E-state index in [4.69, 9.17) is 0 Å². The van der Waals surface area contributed by atoms with Crippen LogP contribution in [0.4, 0.5) is 5.82 Å². The lowest BCUT2D eigenvalue weighted by atomic mass is 9.84. The number of benzene rings is 3. The molecule has 4 aromatic rings. The average molecular weight is 367 g/mol. The number of H-pyrrole nitrogens is 1. The van der Waals surface area contributed by atoms with E-state index in [2.05, 4.69) is 15.5 Å². The second-order valence-electron chi connectivity index (χ2n) is 6.96. The molecule has 0 saturated heterocycles. The molecule has 5 rings (SSSR count). The van der Waals surface area contributed by atoms with Crippen molar-refractivity contribution in [2.24, 2.45) is 0 Å². The van der Waals surface area contributed by atoms with Gasteiger partial charge in [0.05, 0.1) is 11.6 Å². The van der Waals surface area contributed by atoms with Crippen molar-refractivity contribution < 1.29 is 9.59 Å². The van der Waals surface area contributed by atoms with Gasteiger partial charge in [0.15, 0.2) is 11.6 Å². The molecule has 0 saturated carbocycles. The molecule has 0 radical (unpaired) electrons. The smallest absolute Gasteiger partial charge is 0.226 e. The largest absolute Gasteiger partial charge is 0.309 e. The van der Waals surface area contributed by atoms with Crippen molar-refractivity contribution in [2.75, 3.05) is 5.32 Å². The molecule has 1 aromatic heterocycles. The maximum Gasteiger partial charge on any atom is 0.226 e. The Morgan fingerprint density at radius 1 is 0.929 bits per heavy atom.